The molecule has 2 N–H and O–H groups in total. The Hall–Kier alpha value is -2.14. The minimum atomic E-state index is -1.08. The Bertz CT molecular complexity index is 635. The molecule has 0 saturated carbocycles. The fourth-order valence-electron chi connectivity index (χ4n) is 2.34. The average molecular weight is 288 g/mol. The number of hydrogen-bond acceptors (Lipinski definition) is 5. The van der Waals surface area contributed by atoms with E-state index in [0.717, 1.165) is 10.9 Å². The van der Waals surface area contributed by atoms with Gasteiger partial charge in [-0.25, -0.2) is 0 Å². The number of ether oxygens (including phenoxy) is 2. The van der Waals surface area contributed by atoms with Crippen LogP contribution in [0.4, 0.5) is 0 Å². The summed E-state index contributed by atoms with van der Waals surface area (Å²) in [5.41, 5.74) is 5.69. The highest BCUT2D eigenvalue weighted by Crippen LogP contribution is 2.25. The normalized spacial score (nSPS) is 15.2. The monoisotopic (exact) mass is 288 g/mol. The number of aromatic nitrogens is 1. The zero-order valence-corrected chi connectivity index (χ0v) is 12.5. The van der Waals surface area contributed by atoms with E-state index in [9.17, 15) is 4.79 Å². The van der Waals surface area contributed by atoms with E-state index in [1.807, 2.05) is 37.3 Å². The Balaban J connectivity index is 2.15. The molecule has 0 radical (unpaired) electrons. The number of para-hydroxylation sites is 1. The van der Waals surface area contributed by atoms with Gasteiger partial charge in [-0.1, -0.05) is 18.2 Å². The number of carbonyl (C=O) groups excluding carboxylic acids is 1. The van der Waals surface area contributed by atoms with Crippen molar-refractivity contribution in [1.82, 2.24) is 4.98 Å². The Kier molecular flexibility index (Phi) is 4.43. The van der Waals surface area contributed by atoms with Crippen LogP contribution in [0, 0.1) is 0 Å². The molecule has 2 aromatic rings. The molecule has 0 fully saturated rings. The number of methoxy groups -OCH3 is 1. The Morgan fingerprint density at radius 3 is 2.81 bits per heavy atom. The van der Waals surface area contributed by atoms with Crippen molar-refractivity contribution < 1.29 is 14.3 Å². The number of esters is 1. The average Bonchev–Trinajstić information content (AvgIpc) is 2.46. The van der Waals surface area contributed by atoms with Crippen molar-refractivity contribution in [2.75, 3.05) is 7.11 Å². The number of nitrogens with two attached hydrogens (primary N) is 1. The van der Waals surface area contributed by atoms with E-state index in [1.54, 1.807) is 13.1 Å². The van der Waals surface area contributed by atoms with Gasteiger partial charge in [-0.2, -0.15) is 0 Å². The number of benzene rings is 1. The van der Waals surface area contributed by atoms with Crippen molar-refractivity contribution in [2.24, 2.45) is 5.73 Å². The zero-order chi connectivity index (χ0) is 15.5. The summed E-state index contributed by atoms with van der Waals surface area (Å²) in [6, 6.07) is 9.60. The lowest BCUT2D eigenvalue weighted by Crippen LogP contribution is -2.48. The molecule has 112 valence electrons. The van der Waals surface area contributed by atoms with E-state index in [4.69, 9.17) is 15.2 Å². The molecule has 1 aromatic heterocycles. The topological polar surface area (TPSA) is 74.4 Å². The lowest BCUT2D eigenvalue weighted by atomic mass is 9.96. The largest absolute Gasteiger partial charge is 0.488 e. The molecular formula is C16H20N2O3. The highest BCUT2D eigenvalue weighted by atomic mass is 16.5. The molecule has 0 aliphatic rings. The van der Waals surface area contributed by atoms with E-state index in [0.29, 0.717) is 12.2 Å². The summed E-state index contributed by atoms with van der Waals surface area (Å²) < 4.78 is 10.6. The van der Waals surface area contributed by atoms with E-state index >= 15 is 0 Å². The second-order valence-corrected chi connectivity index (χ2v) is 5.37. The molecule has 1 aromatic carbocycles. The van der Waals surface area contributed by atoms with Gasteiger partial charge >= 0.3 is 5.97 Å². The quantitative estimate of drug-likeness (QED) is 0.854. The fourth-order valence-corrected chi connectivity index (χ4v) is 2.34. The molecule has 0 aliphatic heterocycles. The number of rotatable bonds is 5. The molecule has 2 atom stereocenters. The molecule has 21 heavy (non-hydrogen) atoms. The molecule has 0 amide bonds. The predicted octanol–water partition coefficient (Wildman–Crippen LogP) is 2.28. The number of pyridine rings is 1. The van der Waals surface area contributed by atoms with Gasteiger partial charge in [0.15, 0.2) is 0 Å². The second kappa shape index (κ2) is 6.10. The Morgan fingerprint density at radius 1 is 1.38 bits per heavy atom. The van der Waals surface area contributed by atoms with Gasteiger partial charge in [0.1, 0.15) is 16.8 Å². The lowest BCUT2D eigenvalue weighted by Gasteiger charge is -2.25. The van der Waals surface area contributed by atoms with Gasteiger partial charge in [-0.3, -0.25) is 9.78 Å². The van der Waals surface area contributed by atoms with Gasteiger partial charge in [0.25, 0.3) is 0 Å². The molecule has 2 unspecified atom stereocenters. The minimum absolute atomic E-state index is 0.244. The first-order chi connectivity index (χ1) is 9.94. The van der Waals surface area contributed by atoms with E-state index < -0.39 is 11.5 Å². The minimum Gasteiger partial charge on any atom is -0.488 e. The maximum Gasteiger partial charge on any atom is 0.325 e. The van der Waals surface area contributed by atoms with Crippen LogP contribution in [0.25, 0.3) is 10.9 Å². The molecule has 5 heteroatoms. The lowest BCUT2D eigenvalue weighted by molar-refractivity contribution is -0.147. The standard InChI is InChI=1S/C16H20N2O3/c1-11(10-16(2,17)15(19)20-3)21-13-8-4-6-12-7-5-9-18-14(12)13/h4-9,11H,10,17H2,1-3H3. The van der Waals surface area contributed by atoms with Crippen molar-refractivity contribution >= 4 is 16.9 Å². The third-order valence-corrected chi connectivity index (χ3v) is 3.29. The van der Waals surface area contributed by atoms with Crippen LogP contribution in [0.3, 0.4) is 0 Å². The zero-order valence-electron chi connectivity index (χ0n) is 12.5. The van der Waals surface area contributed by atoms with Crippen LogP contribution in [-0.4, -0.2) is 29.7 Å². The molecule has 0 bridgehead atoms. The summed E-state index contributed by atoms with van der Waals surface area (Å²) in [6.45, 7) is 3.51. The summed E-state index contributed by atoms with van der Waals surface area (Å²) >= 11 is 0. The van der Waals surface area contributed by atoms with Gasteiger partial charge in [0.2, 0.25) is 0 Å². The van der Waals surface area contributed by atoms with Gasteiger partial charge in [0.05, 0.1) is 13.2 Å². The van der Waals surface area contributed by atoms with Crippen LogP contribution >= 0.6 is 0 Å². The molecule has 0 saturated heterocycles. The highest BCUT2D eigenvalue weighted by Gasteiger charge is 2.32. The maximum absolute atomic E-state index is 11.6. The summed E-state index contributed by atoms with van der Waals surface area (Å²) in [5, 5.41) is 1.01. The molecule has 2 rings (SSSR count). The van der Waals surface area contributed by atoms with Crippen LogP contribution in [0.2, 0.25) is 0 Å². The summed E-state index contributed by atoms with van der Waals surface area (Å²) in [5.74, 6) is 0.232. The van der Waals surface area contributed by atoms with Crippen molar-refractivity contribution in [3.05, 3.63) is 36.5 Å². The Morgan fingerprint density at radius 2 is 2.10 bits per heavy atom. The molecule has 1 heterocycles. The fraction of sp³-hybridized carbons (Fsp3) is 0.375. The number of fused-ring (bicyclic) bond motifs is 1. The predicted molar refractivity (Wildman–Crippen MR) is 81.1 cm³/mol. The van der Waals surface area contributed by atoms with Crippen LogP contribution in [-0.2, 0) is 9.53 Å². The van der Waals surface area contributed by atoms with Gasteiger partial charge in [0, 0.05) is 18.0 Å². The summed E-state index contributed by atoms with van der Waals surface area (Å²) in [6.07, 6.45) is 1.83. The first-order valence-electron chi connectivity index (χ1n) is 6.82. The highest BCUT2D eigenvalue weighted by molar-refractivity contribution is 5.84. The smallest absolute Gasteiger partial charge is 0.325 e. The van der Waals surface area contributed by atoms with Crippen LogP contribution in [0.15, 0.2) is 36.5 Å². The van der Waals surface area contributed by atoms with Gasteiger partial charge < -0.3 is 15.2 Å². The Labute approximate surface area is 124 Å². The SMILES string of the molecule is COC(=O)C(C)(N)CC(C)Oc1cccc2cccnc12. The second-order valence-electron chi connectivity index (χ2n) is 5.37. The number of carbonyl (C=O) groups is 1. The summed E-state index contributed by atoms with van der Waals surface area (Å²) in [4.78, 5) is 16.0. The first kappa shape index (κ1) is 15.3. The molecule has 5 nitrogen and oxygen atoms in total. The van der Waals surface area contributed by atoms with E-state index in [1.165, 1.54) is 7.11 Å². The van der Waals surface area contributed by atoms with Crippen LogP contribution in [0.1, 0.15) is 20.3 Å². The third kappa shape index (κ3) is 3.49. The third-order valence-electron chi connectivity index (χ3n) is 3.29. The van der Waals surface area contributed by atoms with Crippen LogP contribution < -0.4 is 10.5 Å². The first-order valence-corrected chi connectivity index (χ1v) is 6.82. The number of nitrogens with zero attached hydrogens (tertiary/aromatic N) is 1. The van der Waals surface area contributed by atoms with E-state index in [-0.39, 0.29) is 6.10 Å². The van der Waals surface area contributed by atoms with Crippen LogP contribution in [0.5, 0.6) is 5.75 Å². The molecular weight excluding hydrogens is 268 g/mol. The van der Waals surface area contributed by atoms with Crippen molar-refractivity contribution in [3.63, 3.8) is 0 Å². The van der Waals surface area contributed by atoms with Crippen molar-refractivity contribution in [3.8, 4) is 5.75 Å². The van der Waals surface area contributed by atoms with Crippen molar-refractivity contribution in [2.45, 2.75) is 31.9 Å². The summed E-state index contributed by atoms with van der Waals surface area (Å²) in [7, 11) is 1.33. The van der Waals surface area contributed by atoms with Gasteiger partial charge in [-0.15, -0.1) is 0 Å². The molecule has 0 spiro atoms. The number of hydrogen-bond donors (Lipinski definition) is 1. The molecule has 0 aliphatic carbocycles. The van der Waals surface area contributed by atoms with E-state index in [2.05, 4.69) is 4.98 Å². The maximum atomic E-state index is 11.6. The van der Waals surface area contributed by atoms with Gasteiger partial charge in [-0.05, 0) is 26.0 Å². The van der Waals surface area contributed by atoms with Crippen molar-refractivity contribution in [1.29, 1.82) is 0 Å².